The molecular weight excluding hydrogens is 260 g/mol. The van der Waals surface area contributed by atoms with Gasteiger partial charge in [0.05, 0.1) is 0 Å². The summed E-state index contributed by atoms with van der Waals surface area (Å²) in [6, 6.07) is 7.09. The van der Waals surface area contributed by atoms with E-state index in [1.54, 1.807) is 12.1 Å². The van der Waals surface area contributed by atoms with Crippen LogP contribution in [-0.2, 0) is 14.4 Å². The number of carbonyl (C=O) groups excluding carboxylic acids is 2. The molecule has 1 aromatic carbocycles. The van der Waals surface area contributed by atoms with Crippen molar-refractivity contribution in [1.29, 1.82) is 0 Å². The van der Waals surface area contributed by atoms with Crippen LogP contribution in [0.2, 0.25) is 0 Å². The van der Waals surface area contributed by atoms with E-state index >= 15 is 0 Å². The Bertz CT molecular complexity index is 496. The minimum Gasteiger partial charge on any atom is -0.481 e. The number of aryl methyl sites for hydroxylation is 1. The Morgan fingerprint density at radius 3 is 2.35 bits per heavy atom. The van der Waals surface area contributed by atoms with Gasteiger partial charge in [-0.15, -0.1) is 0 Å². The monoisotopic (exact) mass is 278 g/mol. The molecule has 0 aliphatic rings. The number of hydrogen-bond acceptors (Lipinski definition) is 3. The van der Waals surface area contributed by atoms with Crippen molar-refractivity contribution < 1.29 is 19.5 Å². The number of carbonyl (C=O) groups is 3. The molecule has 6 nitrogen and oxygen atoms in total. The van der Waals surface area contributed by atoms with Crippen LogP contribution < -0.4 is 5.32 Å². The zero-order chi connectivity index (χ0) is 15.1. The Labute approximate surface area is 117 Å². The zero-order valence-corrected chi connectivity index (χ0v) is 11.5. The number of nitrogens with zero attached hydrogens (tertiary/aromatic N) is 1. The molecule has 0 bridgehead atoms. The Balaban J connectivity index is 2.47. The van der Waals surface area contributed by atoms with Crippen LogP contribution in [0.4, 0.5) is 5.69 Å². The van der Waals surface area contributed by atoms with E-state index in [0.717, 1.165) is 5.56 Å². The molecule has 0 aliphatic heterocycles. The molecule has 2 N–H and O–H groups in total. The molecule has 0 atom stereocenters. The van der Waals surface area contributed by atoms with Crippen LogP contribution in [0.1, 0.15) is 18.4 Å². The average Bonchev–Trinajstić information content (AvgIpc) is 2.39. The number of anilines is 1. The van der Waals surface area contributed by atoms with Crippen molar-refractivity contribution in [3.05, 3.63) is 29.8 Å². The molecule has 0 saturated carbocycles. The molecule has 0 fully saturated rings. The molecule has 0 unspecified atom stereocenters. The summed E-state index contributed by atoms with van der Waals surface area (Å²) in [7, 11) is 1.47. The van der Waals surface area contributed by atoms with Crippen molar-refractivity contribution in [2.24, 2.45) is 0 Å². The Hall–Kier alpha value is -2.37. The fraction of sp³-hybridized carbons (Fsp3) is 0.357. The SMILES string of the molecule is Cc1ccc(NC(=O)C(=O)N(C)CCCC(=O)O)cc1. The molecule has 1 rings (SSSR count). The van der Waals surface area contributed by atoms with Gasteiger partial charge in [-0.05, 0) is 25.5 Å². The van der Waals surface area contributed by atoms with Crippen molar-refractivity contribution in [1.82, 2.24) is 4.90 Å². The first-order valence-electron chi connectivity index (χ1n) is 6.25. The van der Waals surface area contributed by atoms with Gasteiger partial charge in [-0.3, -0.25) is 14.4 Å². The molecule has 2 amide bonds. The first kappa shape index (κ1) is 15.7. The largest absolute Gasteiger partial charge is 0.481 e. The maximum atomic E-state index is 11.8. The quantitative estimate of drug-likeness (QED) is 0.794. The summed E-state index contributed by atoms with van der Waals surface area (Å²) in [4.78, 5) is 35.1. The summed E-state index contributed by atoms with van der Waals surface area (Å²) < 4.78 is 0. The van der Waals surface area contributed by atoms with E-state index in [2.05, 4.69) is 5.32 Å². The lowest BCUT2D eigenvalue weighted by atomic mass is 10.2. The summed E-state index contributed by atoms with van der Waals surface area (Å²) in [6.07, 6.45) is 0.284. The second kappa shape index (κ2) is 7.28. The minimum atomic E-state index is -0.921. The van der Waals surface area contributed by atoms with Crippen molar-refractivity contribution in [3.8, 4) is 0 Å². The molecule has 20 heavy (non-hydrogen) atoms. The number of aliphatic carboxylic acids is 1. The van der Waals surface area contributed by atoms with Crippen molar-refractivity contribution >= 4 is 23.5 Å². The van der Waals surface area contributed by atoms with Crippen molar-refractivity contribution in [2.75, 3.05) is 18.9 Å². The van der Waals surface area contributed by atoms with E-state index in [9.17, 15) is 14.4 Å². The van der Waals surface area contributed by atoms with E-state index < -0.39 is 17.8 Å². The summed E-state index contributed by atoms with van der Waals surface area (Å²) in [5.41, 5.74) is 1.60. The van der Waals surface area contributed by atoms with Gasteiger partial charge >= 0.3 is 17.8 Å². The van der Waals surface area contributed by atoms with Crippen LogP contribution in [0.25, 0.3) is 0 Å². The summed E-state index contributed by atoms with van der Waals surface area (Å²) in [5.74, 6) is -2.34. The molecule has 0 heterocycles. The molecule has 0 aliphatic carbocycles. The van der Waals surface area contributed by atoms with Crippen LogP contribution in [0.5, 0.6) is 0 Å². The Morgan fingerprint density at radius 1 is 1.20 bits per heavy atom. The highest BCUT2D eigenvalue weighted by molar-refractivity contribution is 6.39. The van der Waals surface area contributed by atoms with Gasteiger partial charge in [0.1, 0.15) is 0 Å². The Morgan fingerprint density at radius 2 is 1.80 bits per heavy atom. The van der Waals surface area contributed by atoms with Crippen molar-refractivity contribution in [2.45, 2.75) is 19.8 Å². The average molecular weight is 278 g/mol. The second-order valence-electron chi connectivity index (χ2n) is 4.54. The Kier molecular flexibility index (Phi) is 5.71. The number of carboxylic acids is 1. The van der Waals surface area contributed by atoms with Gasteiger partial charge in [-0.1, -0.05) is 17.7 Å². The van der Waals surface area contributed by atoms with Crippen LogP contribution in [0.15, 0.2) is 24.3 Å². The number of amides is 2. The smallest absolute Gasteiger partial charge is 0.313 e. The van der Waals surface area contributed by atoms with Crippen LogP contribution in [0.3, 0.4) is 0 Å². The lowest BCUT2D eigenvalue weighted by Crippen LogP contribution is -2.37. The number of carboxylic acid groups (broad SMARTS) is 1. The van der Waals surface area contributed by atoms with Gasteiger partial charge in [0.15, 0.2) is 0 Å². The van der Waals surface area contributed by atoms with E-state index in [4.69, 9.17) is 5.11 Å². The first-order valence-corrected chi connectivity index (χ1v) is 6.25. The zero-order valence-electron chi connectivity index (χ0n) is 11.5. The molecule has 0 aromatic heterocycles. The second-order valence-corrected chi connectivity index (χ2v) is 4.54. The van der Waals surface area contributed by atoms with E-state index in [1.807, 2.05) is 19.1 Å². The topological polar surface area (TPSA) is 86.7 Å². The highest BCUT2D eigenvalue weighted by Crippen LogP contribution is 2.08. The molecule has 1 aromatic rings. The normalized spacial score (nSPS) is 9.90. The molecule has 108 valence electrons. The van der Waals surface area contributed by atoms with E-state index in [-0.39, 0.29) is 13.0 Å². The maximum absolute atomic E-state index is 11.8. The standard InChI is InChI=1S/C14H18N2O4/c1-10-5-7-11(8-6-10)15-13(19)14(20)16(2)9-3-4-12(17)18/h5-8H,3-4,9H2,1-2H3,(H,15,19)(H,17,18). The van der Waals surface area contributed by atoms with Crippen LogP contribution in [-0.4, -0.2) is 41.4 Å². The minimum absolute atomic E-state index is 0.0306. The number of rotatable bonds is 5. The predicted molar refractivity (Wildman–Crippen MR) is 74.3 cm³/mol. The van der Waals surface area contributed by atoms with Crippen LogP contribution >= 0.6 is 0 Å². The van der Waals surface area contributed by atoms with Gasteiger partial charge in [0, 0.05) is 25.7 Å². The van der Waals surface area contributed by atoms with Gasteiger partial charge in [0.2, 0.25) is 0 Å². The molecule has 0 spiro atoms. The number of hydrogen-bond donors (Lipinski definition) is 2. The number of likely N-dealkylation sites (N-methyl/N-ethyl adjacent to an activating group) is 1. The molecule has 0 radical (unpaired) electrons. The summed E-state index contributed by atoms with van der Waals surface area (Å²) in [6.45, 7) is 2.15. The first-order chi connectivity index (χ1) is 9.40. The fourth-order valence-corrected chi connectivity index (χ4v) is 1.56. The third-order valence-corrected chi connectivity index (χ3v) is 2.73. The fourth-order valence-electron chi connectivity index (χ4n) is 1.56. The third kappa shape index (κ3) is 5.09. The lowest BCUT2D eigenvalue weighted by molar-refractivity contribution is -0.142. The lowest BCUT2D eigenvalue weighted by Gasteiger charge is -2.16. The van der Waals surface area contributed by atoms with Gasteiger partial charge < -0.3 is 15.3 Å². The number of nitrogens with one attached hydrogen (secondary N) is 1. The third-order valence-electron chi connectivity index (χ3n) is 2.73. The van der Waals surface area contributed by atoms with Gasteiger partial charge in [-0.2, -0.15) is 0 Å². The highest BCUT2D eigenvalue weighted by Gasteiger charge is 2.18. The van der Waals surface area contributed by atoms with Gasteiger partial charge in [0.25, 0.3) is 0 Å². The van der Waals surface area contributed by atoms with E-state index in [1.165, 1.54) is 11.9 Å². The molecule has 6 heteroatoms. The van der Waals surface area contributed by atoms with Crippen LogP contribution in [0, 0.1) is 6.92 Å². The number of benzene rings is 1. The summed E-state index contributed by atoms with van der Waals surface area (Å²) >= 11 is 0. The maximum Gasteiger partial charge on any atom is 0.313 e. The van der Waals surface area contributed by atoms with Crippen molar-refractivity contribution in [3.63, 3.8) is 0 Å². The molecular formula is C14H18N2O4. The predicted octanol–water partition coefficient (Wildman–Crippen LogP) is 1.26. The molecule has 0 saturated heterocycles. The highest BCUT2D eigenvalue weighted by atomic mass is 16.4. The van der Waals surface area contributed by atoms with E-state index in [0.29, 0.717) is 12.1 Å². The van der Waals surface area contributed by atoms with Gasteiger partial charge in [-0.25, -0.2) is 0 Å². The summed E-state index contributed by atoms with van der Waals surface area (Å²) in [5, 5.41) is 11.0.